The Morgan fingerprint density at radius 2 is 1.90 bits per heavy atom. The molecule has 0 aromatic heterocycles. The van der Waals surface area contributed by atoms with E-state index in [1.807, 2.05) is 0 Å². The van der Waals surface area contributed by atoms with Crippen molar-refractivity contribution in [1.82, 2.24) is 0 Å². The number of rotatable bonds is 4. The van der Waals surface area contributed by atoms with E-state index >= 15 is 0 Å². The Kier molecular flexibility index (Phi) is 5.04. The van der Waals surface area contributed by atoms with Crippen LogP contribution in [0.15, 0.2) is 36.4 Å². The second-order valence-corrected chi connectivity index (χ2v) is 4.85. The highest BCUT2D eigenvalue weighted by atomic mass is 35.5. The van der Waals surface area contributed by atoms with E-state index in [2.05, 4.69) is 0 Å². The SMILES string of the molecule is CCOC(=O)c1ccc(F)cc1Oc1ccc(Cl)c(Cl)c1. The number of hydrogen-bond donors (Lipinski definition) is 0. The van der Waals surface area contributed by atoms with Crippen LogP contribution in [0.25, 0.3) is 0 Å². The normalized spacial score (nSPS) is 10.3. The van der Waals surface area contributed by atoms with Gasteiger partial charge in [-0.2, -0.15) is 0 Å². The predicted octanol–water partition coefficient (Wildman–Crippen LogP) is 5.10. The molecule has 21 heavy (non-hydrogen) atoms. The van der Waals surface area contributed by atoms with E-state index in [0.29, 0.717) is 15.8 Å². The number of benzene rings is 2. The van der Waals surface area contributed by atoms with Crippen molar-refractivity contribution in [3.63, 3.8) is 0 Å². The third kappa shape index (κ3) is 3.86. The molecule has 0 fully saturated rings. The van der Waals surface area contributed by atoms with Crippen LogP contribution in [0.2, 0.25) is 10.0 Å². The minimum atomic E-state index is -0.590. The lowest BCUT2D eigenvalue weighted by atomic mass is 10.2. The fraction of sp³-hybridized carbons (Fsp3) is 0.133. The number of esters is 1. The zero-order chi connectivity index (χ0) is 15.4. The fourth-order valence-electron chi connectivity index (χ4n) is 1.63. The second-order valence-electron chi connectivity index (χ2n) is 4.04. The average Bonchev–Trinajstić information content (AvgIpc) is 2.43. The number of ether oxygens (including phenoxy) is 2. The van der Waals surface area contributed by atoms with Crippen molar-refractivity contribution in [3.05, 3.63) is 57.8 Å². The summed E-state index contributed by atoms with van der Waals surface area (Å²) in [6, 6.07) is 8.16. The second kappa shape index (κ2) is 6.78. The topological polar surface area (TPSA) is 35.5 Å². The molecule has 110 valence electrons. The first-order valence-corrected chi connectivity index (χ1v) is 6.86. The van der Waals surface area contributed by atoms with E-state index in [1.165, 1.54) is 12.1 Å². The van der Waals surface area contributed by atoms with Gasteiger partial charge in [0.2, 0.25) is 0 Å². The van der Waals surface area contributed by atoms with E-state index in [9.17, 15) is 9.18 Å². The first kappa shape index (κ1) is 15.6. The maximum absolute atomic E-state index is 13.4. The quantitative estimate of drug-likeness (QED) is 0.732. The average molecular weight is 329 g/mol. The number of hydrogen-bond acceptors (Lipinski definition) is 3. The van der Waals surface area contributed by atoms with Crippen LogP contribution in [0, 0.1) is 5.82 Å². The molecule has 0 heterocycles. The molecule has 0 N–H and O–H groups in total. The summed E-state index contributed by atoms with van der Waals surface area (Å²) in [5, 5.41) is 0.664. The number of carbonyl (C=O) groups is 1. The Bertz CT molecular complexity index is 674. The molecular weight excluding hydrogens is 318 g/mol. The number of halogens is 3. The van der Waals surface area contributed by atoms with Crippen LogP contribution in [0.4, 0.5) is 4.39 Å². The molecular formula is C15H11Cl2FO3. The van der Waals surface area contributed by atoms with Crippen molar-refractivity contribution < 1.29 is 18.7 Å². The summed E-state index contributed by atoms with van der Waals surface area (Å²) in [5.41, 5.74) is 0.129. The van der Waals surface area contributed by atoms with Gasteiger partial charge < -0.3 is 9.47 Å². The lowest BCUT2D eigenvalue weighted by Crippen LogP contribution is -2.06. The molecule has 0 unspecified atom stereocenters. The summed E-state index contributed by atoms with van der Waals surface area (Å²) in [5.74, 6) is -0.738. The summed E-state index contributed by atoms with van der Waals surface area (Å²) in [7, 11) is 0. The van der Waals surface area contributed by atoms with Gasteiger partial charge in [0.1, 0.15) is 22.9 Å². The Balaban J connectivity index is 2.35. The maximum Gasteiger partial charge on any atom is 0.341 e. The Morgan fingerprint density at radius 1 is 1.14 bits per heavy atom. The highest BCUT2D eigenvalue weighted by Gasteiger charge is 2.15. The monoisotopic (exact) mass is 328 g/mol. The van der Waals surface area contributed by atoms with Gasteiger partial charge in [-0.05, 0) is 31.2 Å². The van der Waals surface area contributed by atoms with Crippen molar-refractivity contribution in [2.24, 2.45) is 0 Å². The van der Waals surface area contributed by atoms with Crippen LogP contribution in [-0.2, 0) is 4.74 Å². The van der Waals surface area contributed by atoms with Crippen molar-refractivity contribution in [1.29, 1.82) is 0 Å². The van der Waals surface area contributed by atoms with Crippen LogP contribution in [0.1, 0.15) is 17.3 Å². The molecule has 0 aliphatic heterocycles. The Labute approximate surface area is 131 Å². The summed E-state index contributed by atoms with van der Waals surface area (Å²) in [4.78, 5) is 11.8. The van der Waals surface area contributed by atoms with Gasteiger partial charge in [0.05, 0.1) is 16.7 Å². The molecule has 2 rings (SSSR count). The van der Waals surface area contributed by atoms with E-state index < -0.39 is 11.8 Å². The third-order valence-electron chi connectivity index (χ3n) is 2.56. The standard InChI is InChI=1S/C15H11Cl2FO3/c1-2-20-15(19)11-5-3-9(18)7-14(11)21-10-4-6-12(16)13(17)8-10/h3-8H,2H2,1H3. The van der Waals surface area contributed by atoms with Crippen LogP contribution >= 0.6 is 23.2 Å². The Hall–Kier alpha value is -1.78. The van der Waals surface area contributed by atoms with Crippen LogP contribution in [0.3, 0.4) is 0 Å². The predicted molar refractivity (Wildman–Crippen MR) is 78.9 cm³/mol. The van der Waals surface area contributed by atoms with Crippen molar-refractivity contribution in [2.75, 3.05) is 6.61 Å². The smallest absolute Gasteiger partial charge is 0.341 e. The highest BCUT2D eigenvalue weighted by Crippen LogP contribution is 2.31. The van der Waals surface area contributed by atoms with E-state index in [-0.39, 0.29) is 17.9 Å². The van der Waals surface area contributed by atoms with Gasteiger partial charge in [-0.3, -0.25) is 0 Å². The highest BCUT2D eigenvalue weighted by molar-refractivity contribution is 6.42. The van der Waals surface area contributed by atoms with Gasteiger partial charge in [0.25, 0.3) is 0 Å². The fourth-order valence-corrected chi connectivity index (χ4v) is 1.91. The summed E-state index contributed by atoms with van der Waals surface area (Å²) < 4.78 is 23.8. The first-order valence-electron chi connectivity index (χ1n) is 6.11. The molecule has 0 spiro atoms. The third-order valence-corrected chi connectivity index (χ3v) is 3.30. The molecule has 0 saturated heterocycles. The Morgan fingerprint density at radius 3 is 2.57 bits per heavy atom. The van der Waals surface area contributed by atoms with Crippen molar-refractivity contribution in [3.8, 4) is 11.5 Å². The minimum Gasteiger partial charge on any atom is -0.462 e. The molecule has 0 amide bonds. The molecule has 3 nitrogen and oxygen atoms in total. The summed E-state index contributed by atoms with van der Waals surface area (Å²) in [6.45, 7) is 1.89. The molecule has 0 radical (unpaired) electrons. The molecule has 2 aromatic carbocycles. The van der Waals surface area contributed by atoms with E-state index in [4.69, 9.17) is 32.7 Å². The minimum absolute atomic E-state index is 0.0480. The molecule has 0 saturated carbocycles. The van der Waals surface area contributed by atoms with Gasteiger partial charge in [-0.25, -0.2) is 9.18 Å². The lowest BCUT2D eigenvalue weighted by Gasteiger charge is -2.11. The van der Waals surface area contributed by atoms with Crippen molar-refractivity contribution in [2.45, 2.75) is 6.92 Å². The van der Waals surface area contributed by atoms with Gasteiger partial charge in [0, 0.05) is 12.1 Å². The zero-order valence-electron chi connectivity index (χ0n) is 11.0. The molecule has 6 heteroatoms. The van der Waals surface area contributed by atoms with E-state index in [1.54, 1.807) is 19.1 Å². The van der Waals surface area contributed by atoms with Gasteiger partial charge in [0.15, 0.2) is 0 Å². The summed E-state index contributed by atoms with van der Waals surface area (Å²) >= 11 is 11.7. The molecule has 0 atom stereocenters. The van der Waals surface area contributed by atoms with Gasteiger partial charge in [-0.15, -0.1) is 0 Å². The lowest BCUT2D eigenvalue weighted by molar-refractivity contribution is 0.0523. The van der Waals surface area contributed by atoms with Gasteiger partial charge in [-0.1, -0.05) is 23.2 Å². The van der Waals surface area contributed by atoms with E-state index in [0.717, 1.165) is 12.1 Å². The molecule has 2 aromatic rings. The van der Waals surface area contributed by atoms with Crippen LogP contribution < -0.4 is 4.74 Å². The first-order chi connectivity index (χ1) is 10.0. The zero-order valence-corrected chi connectivity index (χ0v) is 12.5. The van der Waals surface area contributed by atoms with Gasteiger partial charge >= 0.3 is 5.97 Å². The molecule has 0 aliphatic carbocycles. The largest absolute Gasteiger partial charge is 0.462 e. The van der Waals surface area contributed by atoms with Crippen LogP contribution in [0.5, 0.6) is 11.5 Å². The van der Waals surface area contributed by atoms with Crippen molar-refractivity contribution >= 4 is 29.2 Å². The maximum atomic E-state index is 13.4. The summed E-state index contributed by atoms with van der Waals surface area (Å²) in [6.07, 6.45) is 0. The molecule has 0 bridgehead atoms. The molecule has 0 aliphatic rings. The number of carbonyl (C=O) groups excluding carboxylic acids is 1. The van der Waals surface area contributed by atoms with Crippen LogP contribution in [-0.4, -0.2) is 12.6 Å².